The fourth-order valence-electron chi connectivity index (χ4n) is 4.74. The van der Waals surface area contributed by atoms with Crippen molar-refractivity contribution in [1.29, 1.82) is 0 Å². The topological polar surface area (TPSA) is 139 Å². The van der Waals surface area contributed by atoms with Gasteiger partial charge in [-0.3, -0.25) is 28.9 Å². The largest absolute Gasteiger partial charge is 0.508 e. The third kappa shape index (κ3) is 6.50. The highest BCUT2D eigenvalue weighted by Gasteiger charge is 2.24. The number of fused-ring (bicyclic) bond motifs is 1. The van der Waals surface area contributed by atoms with E-state index in [2.05, 4.69) is 20.3 Å². The van der Waals surface area contributed by atoms with E-state index in [0.29, 0.717) is 5.69 Å². The molecule has 5 aromatic rings. The first kappa shape index (κ1) is 27.3. The molecule has 0 fully saturated rings. The van der Waals surface area contributed by atoms with Crippen molar-refractivity contribution in [2.45, 2.75) is 25.9 Å². The second-order valence-electron chi connectivity index (χ2n) is 9.68. The van der Waals surface area contributed by atoms with Crippen molar-refractivity contribution in [3.8, 4) is 17.0 Å². The molecule has 0 saturated carbocycles. The molecule has 1 atom stereocenters. The molecule has 3 aromatic heterocycles. The summed E-state index contributed by atoms with van der Waals surface area (Å²) in [5.74, 6) is -1.41. The fourth-order valence-corrected chi connectivity index (χ4v) is 4.74. The van der Waals surface area contributed by atoms with E-state index in [1.807, 2.05) is 42.5 Å². The number of ether oxygens (including phenoxy) is 1. The van der Waals surface area contributed by atoms with Crippen LogP contribution in [0.5, 0.6) is 5.75 Å². The summed E-state index contributed by atoms with van der Waals surface area (Å²) in [6.45, 7) is 0.0130. The van der Waals surface area contributed by atoms with E-state index >= 15 is 0 Å². The Balaban J connectivity index is 1.40. The summed E-state index contributed by atoms with van der Waals surface area (Å²) in [5, 5.41) is 13.4. The van der Waals surface area contributed by atoms with Gasteiger partial charge in [-0.15, -0.1) is 0 Å². The van der Waals surface area contributed by atoms with Gasteiger partial charge < -0.3 is 20.1 Å². The Hall–Kier alpha value is -5.25. The summed E-state index contributed by atoms with van der Waals surface area (Å²) in [5.41, 5.74) is 3.42. The molecule has 0 saturated heterocycles. The minimum atomic E-state index is -0.689. The molecule has 3 heterocycles. The van der Waals surface area contributed by atoms with Crippen molar-refractivity contribution < 1.29 is 19.4 Å². The average Bonchev–Trinajstić information content (AvgIpc) is 3.42. The predicted molar refractivity (Wildman–Crippen MR) is 153 cm³/mol. The average molecular weight is 552 g/mol. The number of hydrogen-bond acceptors (Lipinski definition) is 7. The maximum Gasteiger partial charge on any atom is 0.309 e. The smallest absolute Gasteiger partial charge is 0.309 e. The Morgan fingerprint density at radius 3 is 2.56 bits per heavy atom. The lowest BCUT2D eigenvalue weighted by Crippen LogP contribution is -2.36. The van der Waals surface area contributed by atoms with Crippen LogP contribution in [-0.2, 0) is 40.3 Å². The van der Waals surface area contributed by atoms with Crippen molar-refractivity contribution in [2.24, 2.45) is 5.92 Å². The minimum absolute atomic E-state index is 0.0200. The number of pyridine rings is 1. The summed E-state index contributed by atoms with van der Waals surface area (Å²) in [6, 6.07) is 19.5. The maximum atomic E-state index is 13.8. The minimum Gasteiger partial charge on any atom is -0.508 e. The number of aromatic nitrogens is 4. The van der Waals surface area contributed by atoms with Gasteiger partial charge in [0.15, 0.2) is 0 Å². The number of amides is 1. The number of carbonyl (C=O) groups is 2. The molecule has 3 N–H and O–H groups in total. The number of phenolic OH excluding ortho intramolecular Hbond substituents is 1. The predicted octanol–water partition coefficient (Wildman–Crippen LogP) is 3.38. The number of hydrogen-bond donors (Lipinski definition) is 3. The molecule has 2 aromatic carbocycles. The van der Waals surface area contributed by atoms with Crippen LogP contribution in [0.1, 0.15) is 17.0 Å². The molecule has 0 aliphatic heterocycles. The standard InChI is InChI=1S/C31H29N5O5/c1-41-31(40)22(13-20-7-9-25(37)10-8-20)15-27-30(39)36(28(18-33-27)21-5-3-2-4-6-21)19-29(38)34-17-24-14-23-16-32-12-11-26(23)35-24/h2-12,14,16,18,22,35,37H,13,15,17,19H2,1H3,(H,34,38)/t22-/m1/s1. The van der Waals surface area contributed by atoms with Gasteiger partial charge >= 0.3 is 5.97 Å². The van der Waals surface area contributed by atoms with Gasteiger partial charge in [0.1, 0.15) is 18.0 Å². The quantitative estimate of drug-likeness (QED) is 0.226. The van der Waals surface area contributed by atoms with Crippen molar-refractivity contribution in [3.63, 3.8) is 0 Å². The van der Waals surface area contributed by atoms with Crippen molar-refractivity contribution in [1.82, 2.24) is 24.8 Å². The van der Waals surface area contributed by atoms with Crippen LogP contribution in [0.4, 0.5) is 0 Å². The first-order valence-corrected chi connectivity index (χ1v) is 13.1. The number of nitrogens with one attached hydrogen (secondary N) is 2. The zero-order valence-corrected chi connectivity index (χ0v) is 22.4. The number of H-pyrrole nitrogens is 1. The summed E-state index contributed by atoms with van der Waals surface area (Å²) in [4.78, 5) is 51.3. The highest BCUT2D eigenvalue weighted by atomic mass is 16.5. The van der Waals surface area contributed by atoms with Crippen molar-refractivity contribution >= 4 is 22.8 Å². The van der Waals surface area contributed by atoms with Gasteiger partial charge in [0.05, 0.1) is 31.5 Å². The molecule has 5 rings (SSSR count). The van der Waals surface area contributed by atoms with Crippen LogP contribution in [0.25, 0.3) is 22.2 Å². The number of aromatic amines is 1. The number of carbonyl (C=O) groups excluding carboxylic acids is 2. The van der Waals surface area contributed by atoms with Crippen LogP contribution in [0.2, 0.25) is 0 Å². The van der Waals surface area contributed by atoms with Gasteiger partial charge in [0.25, 0.3) is 5.56 Å². The van der Waals surface area contributed by atoms with Crippen LogP contribution in [0.3, 0.4) is 0 Å². The number of esters is 1. The van der Waals surface area contributed by atoms with Crippen molar-refractivity contribution in [2.75, 3.05) is 7.11 Å². The molecule has 0 radical (unpaired) electrons. The van der Waals surface area contributed by atoms with Crippen LogP contribution >= 0.6 is 0 Å². The monoisotopic (exact) mass is 551 g/mol. The molecule has 0 spiro atoms. The number of aromatic hydroxyl groups is 1. The molecule has 1 amide bonds. The highest BCUT2D eigenvalue weighted by Crippen LogP contribution is 2.20. The molecule has 208 valence electrons. The van der Waals surface area contributed by atoms with Gasteiger partial charge in [0.2, 0.25) is 5.91 Å². The number of phenols is 1. The summed E-state index contributed by atoms with van der Waals surface area (Å²) in [6.07, 6.45) is 5.29. The SMILES string of the molecule is COC(=O)[C@H](Cc1ccc(O)cc1)Cc1ncc(-c2ccccc2)n(CC(=O)NCc2cc3cnccc3[nH]2)c1=O. The zero-order chi connectivity index (χ0) is 28.8. The van der Waals surface area contributed by atoms with Crippen LogP contribution < -0.4 is 10.9 Å². The zero-order valence-electron chi connectivity index (χ0n) is 22.4. The Morgan fingerprint density at radius 2 is 1.83 bits per heavy atom. The van der Waals surface area contributed by atoms with E-state index in [-0.39, 0.29) is 43.3 Å². The maximum absolute atomic E-state index is 13.8. The van der Waals surface area contributed by atoms with E-state index in [1.165, 1.54) is 23.8 Å². The summed E-state index contributed by atoms with van der Waals surface area (Å²) in [7, 11) is 1.30. The molecule has 0 unspecified atom stereocenters. The van der Waals surface area contributed by atoms with Gasteiger partial charge in [-0.25, -0.2) is 0 Å². The molecular formula is C31H29N5O5. The molecule has 0 aliphatic rings. The van der Waals surface area contributed by atoms with Gasteiger partial charge in [-0.1, -0.05) is 42.5 Å². The van der Waals surface area contributed by atoms with Crippen LogP contribution in [0, 0.1) is 5.92 Å². The number of rotatable bonds is 10. The lowest BCUT2D eigenvalue weighted by molar-refractivity contribution is -0.145. The fraction of sp³-hybridized carbons (Fsp3) is 0.194. The van der Waals surface area contributed by atoms with Crippen molar-refractivity contribution in [3.05, 3.63) is 113 Å². The van der Waals surface area contributed by atoms with Gasteiger partial charge in [-0.2, -0.15) is 0 Å². The Bertz CT molecular complexity index is 1690. The lowest BCUT2D eigenvalue weighted by atomic mass is 9.94. The third-order valence-electron chi connectivity index (χ3n) is 6.84. The Kier molecular flexibility index (Phi) is 8.19. The second kappa shape index (κ2) is 12.3. The normalized spacial score (nSPS) is 11.7. The van der Waals surface area contributed by atoms with E-state index in [1.54, 1.807) is 30.7 Å². The molecular weight excluding hydrogens is 522 g/mol. The first-order chi connectivity index (χ1) is 19.9. The molecule has 41 heavy (non-hydrogen) atoms. The van der Waals surface area contributed by atoms with Gasteiger partial charge in [0, 0.05) is 35.4 Å². The van der Waals surface area contributed by atoms with E-state index in [9.17, 15) is 19.5 Å². The molecule has 0 aliphatic carbocycles. The molecule has 10 nitrogen and oxygen atoms in total. The van der Waals surface area contributed by atoms with E-state index < -0.39 is 17.4 Å². The van der Waals surface area contributed by atoms with Crippen LogP contribution in [-0.4, -0.2) is 43.6 Å². The number of nitrogens with zero attached hydrogens (tertiary/aromatic N) is 3. The summed E-state index contributed by atoms with van der Waals surface area (Å²) < 4.78 is 6.39. The van der Waals surface area contributed by atoms with E-state index in [0.717, 1.165) is 27.7 Å². The van der Waals surface area contributed by atoms with Crippen LogP contribution in [0.15, 0.2) is 90.1 Å². The Morgan fingerprint density at radius 1 is 1.05 bits per heavy atom. The number of methoxy groups -OCH3 is 1. The second-order valence-corrected chi connectivity index (χ2v) is 9.68. The Labute approximate surface area is 235 Å². The third-order valence-corrected chi connectivity index (χ3v) is 6.84. The first-order valence-electron chi connectivity index (χ1n) is 13.1. The molecule has 0 bridgehead atoms. The lowest BCUT2D eigenvalue weighted by Gasteiger charge is -2.17. The van der Waals surface area contributed by atoms with Gasteiger partial charge in [-0.05, 0) is 41.8 Å². The van der Waals surface area contributed by atoms with E-state index in [4.69, 9.17) is 4.74 Å². The highest BCUT2D eigenvalue weighted by molar-refractivity contribution is 5.80. The molecule has 10 heteroatoms. The summed E-state index contributed by atoms with van der Waals surface area (Å²) >= 11 is 0. The number of benzene rings is 2.